The summed E-state index contributed by atoms with van der Waals surface area (Å²) in [6.07, 6.45) is 0. The molecule has 3 rings (SSSR count). The average Bonchev–Trinajstić information content (AvgIpc) is 2.63. The van der Waals surface area contributed by atoms with E-state index in [4.69, 9.17) is 0 Å². The minimum Gasteiger partial charge on any atom is -0.333 e. The second-order valence-electron chi connectivity index (χ2n) is 6.65. The number of hydrogen-bond donors (Lipinski definition) is 1. The van der Waals surface area contributed by atoms with Crippen LogP contribution < -0.4 is 5.56 Å². The number of fused-ring (bicyclic) bond motifs is 1. The van der Waals surface area contributed by atoms with Crippen LogP contribution >= 0.6 is 0 Å². The largest absolute Gasteiger partial charge is 0.333 e. The van der Waals surface area contributed by atoms with E-state index in [-0.39, 0.29) is 28.9 Å². The molecule has 1 heterocycles. The highest BCUT2D eigenvalue weighted by atomic mass is 19.1. The molecule has 26 heavy (non-hydrogen) atoms. The van der Waals surface area contributed by atoms with Gasteiger partial charge in [-0.05, 0) is 29.7 Å². The molecule has 1 amide bonds. The maximum absolute atomic E-state index is 13.1. The van der Waals surface area contributed by atoms with E-state index in [1.165, 1.54) is 12.1 Å². The number of carbonyl (C=O) groups is 1. The average molecular weight is 353 g/mol. The Labute approximate surface area is 150 Å². The zero-order chi connectivity index (χ0) is 18.7. The Kier molecular flexibility index (Phi) is 5.11. The van der Waals surface area contributed by atoms with Gasteiger partial charge < -0.3 is 4.90 Å². The fourth-order valence-corrected chi connectivity index (χ4v) is 2.90. The highest BCUT2D eigenvalue weighted by Gasteiger charge is 2.22. The van der Waals surface area contributed by atoms with Gasteiger partial charge in [0.15, 0.2) is 5.69 Å². The molecule has 0 radical (unpaired) electrons. The topological polar surface area (TPSA) is 66.1 Å². The van der Waals surface area contributed by atoms with E-state index in [1.807, 2.05) is 13.8 Å². The van der Waals surface area contributed by atoms with Gasteiger partial charge >= 0.3 is 0 Å². The fraction of sp³-hybridized carbons (Fsp3) is 0.250. The Morgan fingerprint density at radius 3 is 2.42 bits per heavy atom. The number of amides is 1. The third kappa shape index (κ3) is 3.79. The molecule has 0 aliphatic rings. The van der Waals surface area contributed by atoms with Crippen LogP contribution in [0, 0.1) is 11.7 Å². The van der Waals surface area contributed by atoms with Gasteiger partial charge in [-0.25, -0.2) is 9.49 Å². The normalized spacial score (nSPS) is 11.1. The first-order valence-corrected chi connectivity index (χ1v) is 8.47. The van der Waals surface area contributed by atoms with Crippen molar-refractivity contribution in [1.82, 2.24) is 15.1 Å². The molecule has 0 unspecified atom stereocenters. The van der Waals surface area contributed by atoms with Gasteiger partial charge in [-0.1, -0.05) is 44.2 Å². The van der Waals surface area contributed by atoms with Crippen LogP contribution in [0.3, 0.4) is 0 Å². The van der Waals surface area contributed by atoms with Crippen LogP contribution in [0.4, 0.5) is 4.39 Å². The van der Waals surface area contributed by atoms with Gasteiger partial charge in [0.1, 0.15) is 5.82 Å². The summed E-state index contributed by atoms with van der Waals surface area (Å²) in [5, 5.41) is 7.35. The maximum Gasteiger partial charge on any atom is 0.275 e. The molecule has 5 nitrogen and oxygen atoms in total. The molecule has 0 atom stereocenters. The lowest BCUT2D eigenvalue weighted by molar-refractivity contribution is 0.0717. The lowest BCUT2D eigenvalue weighted by atomic mass is 10.1. The first-order valence-electron chi connectivity index (χ1n) is 8.47. The molecule has 0 bridgehead atoms. The maximum atomic E-state index is 13.1. The molecule has 3 aromatic rings. The first-order chi connectivity index (χ1) is 12.5. The van der Waals surface area contributed by atoms with E-state index >= 15 is 0 Å². The predicted molar refractivity (Wildman–Crippen MR) is 98.3 cm³/mol. The zero-order valence-electron chi connectivity index (χ0n) is 14.7. The van der Waals surface area contributed by atoms with Gasteiger partial charge in [-0.15, -0.1) is 0 Å². The van der Waals surface area contributed by atoms with Gasteiger partial charge in [-0.3, -0.25) is 9.59 Å². The number of carbonyl (C=O) groups excluding carboxylic acids is 1. The van der Waals surface area contributed by atoms with Crippen molar-refractivity contribution in [3.8, 4) is 0 Å². The van der Waals surface area contributed by atoms with E-state index < -0.39 is 0 Å². The van der Waals surface area contributed by atoms with E-state index in [0.29, 0.717) is 23.9 Å². The molecule has 0 fully saturated rings. The Bertz CT molecular complexity index is 980. The number of hydrogen-bond acceptors (Lipinski definition) is 3. The van der Waals surface area contributed by atoms with Crippen molar-refractivity contribution >= 4 is 16.7 Å². The number of halogens is 1. The second-order valence-corrected chi connectivity index (χ2v) is 6.65. The number of aromatic nitrogens is 2. The highest BCUT2D eigenvalue weighted by molar-refractivity contribution is 6.04. The third-order valence-corrected chi connectivity index (χ3v) is 4.06. The fourth-order valence-electron chi connectivity index (χ4n) is 2.90. The molecule has 0 spiro atoms. The van der Waals surface area contributed by atoms with Crippen molar-refractivity contribution in [2.75, 3.05) is 6.54 Å². The van der Waals surface area contributed by atoms with Crippen LogP contribution in [0.25, 0.3) is 10.8 Å². The molecule has 0 saturated carbocycles. The minimum atomic E-state index is -0.328. The number of benzene rings is 2. The van der Waals surface area contributed by atoms with Gasteiger partial charge in [-0.2, -0.15) is 5.10 Å². The molecule has 0 aliphatic carbocycles. The quantitative estimate of drug-likeness (QED) is 0.765. The SMILES string of the molecule is CC(C)CN(Cc1ccc(F)cc1)C(=O)c1n[nH]c(=O)c2ccccc12. The van der Waals surface area contributed by atoms with Crippen LogP contribution in [-0.4, -0.2) is 27.5 Å². The molecule has 0 aliphatic heterocycles. The van der Waals surface area contributed by atoms with Crippen molar-refractivity contribution in [3.05, 3.63) is 76.0 Å². The van der Waals surface area contributed by atoms with E-state index in [2.05, 4.69) is 10.2 Å². The summed E-state index contributed by atoms with van der Waals surface area (Å²) in [5.74, 6) is -0.340. The number of nitrogens with one attached hydrogen (secondary N) is 1. The molecule has 134 valence electrons. The van der Waals surface area contributed by atoms with E-state index in [0.717, 1.165) is 5.56 Å². The smallest absolute Gasteiger partial charge is 0.275 e. The summed E-state index contributed by atoms with van der Waals surface area (Å²) in [6.45, 7) is 4.89. The first kappa shape index (κ1) is 17.8. The molecule has 1 aromatic heterocycles. The molecule has 1 N–H and O–H groups in total. The molecule has 2 aromatic carbocycles. The minimum absolute atomic E-state index is 0.211. The lowest BCUT2D eigenvalue weighted by Crippen LogP contribution is -2.35. The number of rotatable bonds is 5. The van der Waals surface area contributed by atoms with Crippen LogP contribution in [0.15, 0.2) is 53.3 Å². The van der Waals surface area contributed by atoms with Crippen molar-refractivity contribution in [3.63, 3.8) is 0 Å². The lowest BCUT2D eigenvalue weighted by Gasteiger charge is -2.24. The van der Waals surface area contributed by atoms with Gasteiger partial charge in [0.25, 0.3) is 11.5 Å². The molecule has 6 heteroatoms. The monoisotopic (exact) mass is 353 g/mol. The van der Waals surface area contributed by atoms with Gasteiger partial charge in [0.05, 0.1) is 5.39 Å². The van der Waals surface area contributed by atoms with Crippen molar-refractivity contribution < 1.29 is 9.18 Å². The number of aromatic amines is 1. The zero-order valence-corrected chi connectivity index (χ0v) is 14.7. The number of H-pyrrole nitrogens is 1. The highest BCUT2D eigenvalue weighted by Crippen LogP contribution is 2.17. The second kappa shape index (κ2) is 7.47. The summed E-state index contributed by atoms with van der Waals surface area (Å²) in [5.41, 5.74) is 0.711. The summed E-state index contributed by atoms with van der Waals surface area (Å²) >= 11 is 0. The Morgan fingerprint density at radius 2 is 1.77 bits per heavy atom. The van der Waals surface area contributed by atoms with Crippen LogP contribution in [0.2, 0.25) is 0 Å². The van der Waals surface area contributed by atoms with Crippen molar-refractivity contribution in [2.45, 2.75) is 20.4 Å². The van der Waals surface area contributed by atoms with Crippen molar-refractivity contribution in [1.29, 1.82) is 0 Å². The standard InChI is InChI=1S/C20H20FN3O2/c1-13(2)11-24(12-14-7-9-15(21)10-8-14)20(26)18-16-5-3-4-6-17(16)19(25)23-22-18/h3-10,13H,11-12H2,1-2H3,(H,23,25). The predicted octanol–water partition coefficient (Wildman–Crippen LogP) is 3.36. The summed E-state index contributed by atoms with van der Waals surface area (Å²) < 4.78 is 13.1. The van der Waals surface area contributed by atoms with Crippen molar-refractivity contribution in [2.24, 2.45) is 5.92 Å². The van der Waals surface area contributed by atoms with Crippen LogP contribution in [0.5, 0.6) is 0 Å². The Balaban J connectivity index is 1.99. The van der Waals surface area contributed by atoms with Gasteiger partial charge in [0.2, 0.25) is 0 Å². The van der Waals surface area contributed by atoms with E-state index in [1.54, 1.807) is 41.3 Å². The molecule has 0 saturated heterocycles. The van der Waals surface area contributed by atoms with E-state index in [9.17, 15) is 14.0 Å². The Morgan fingerprint density at radius 1 is 1.12 bits per heavy atom. The molecular weight excluding hydrogens is 333 g/mol. The number of nitrogens with zero attached hydrogens (tertiary/aromatic N) is 2. The summed E-state index contributed by atoms with van der Waals surface area (Å²) in [4.78, 5) is 26.8. The summed E-state index contributed by atoms with van der Waals surface area (Å²) in [6, 6.07) is 13.0. The van der Waals surface area contributed by atoms with Gasteiger partial charge in [0, 0.05) is 18.5 Å². The summed E-state index contributed by atoms with van der Waals surface area (Å²) in [7, 11) is 0. The third-order valence-electron chi connectivity index (χ3n) is 4.06. The molecular formula is C20H20FN3O2. The van der Waals surface area contributed by atoms with Crippen LogP contribution in [-0.2, 0) is 6.54 Å². The van der Waals surface area contributed by atoms with Crippen LogP contribution in [0.1, 0.15) is 29.9 Å². The Hall–Kier alpha value is -3.02.